The molecule has 6 heteroatoms. The third-order valence-electron chi connectivity index (χ3n) is 3.71. The fourth-order valence-corrected chi connectivity index (χ4v) is 3.99. The Morgan fingerprint density at radius 3 is 2.89 bits per heavy atom. The van der Waals surface area contributed by atoms with Gasteiger partial charge in [-0.3, -0.25) is 0 Å². The second-order valence-electron chi connectivity index (χ2n) is 5.04. The molecule has 3 rings (SSSR count). The zero-order valence-corrected chi connectivity index (χ0v) is 11.2. The summed E-state index contributed by atoms with van der Waals surface area (Å²) < 4.78 is 45.7. The van der Waals surface area contributed by atoms with E-state index in [4.69, 9.17) is 4.74 Å². The molecule has 0 bridgehead atoms. The van der Waals surface area contributed by atoms with Crippen LogP contribution in [0, 0.1) is 0 Å². The molecule has 2 aliphatic rings. The fourth-order valence-electron chi connectivity index (χ4n) is 2.64. The van der Waals surface area contributed by atoms with Gasteiger partial charge in [0.1, 0.15) is 11.9 Å². The summed E-state index contributed by atoms with van der Waals surface area (Å²) in [5, 5.41) is 0. The molecule has 1 aromatic carbocycles. The van der Waals surface area contributed by atoms with Crippen LogP contribution >= 0.6 is 0 Å². The van der Waals surface area contributed by atoms with Crippen LogP contribution in [0.1, 0.15) is 24.8 Å². The maximum Gasteiger partial charge on any atom is 0.240 e. The molecular formula is C13H16FNO3S. The molecule has 1 aromatic rings. The minimum Gasteiger partial charge on any atom is -0.493 e. The summed E-state index contributed by atoms with van der Waals surface area (Å²) in [6.07, 6.45) is 1.37. The number of alkyl halides is 1. The van der Waals surface area contributed by atoms with Gasteiger partial charge >= 0.3 is 0 Å². The third kappa shape index (κ3) is 2.47. The lowest BCUT2D eigenvalue weighted by Crippen LogP contribution is -2.38. The van der Waals surface area contributed by atoms with Crippen molar-refractivity contribution < 1.29 is 17.5 Å². The van der Waals surface area contributed by atoms with E-state index in [1.165, 1.54) is 6.07 Å². The number of ether oxygens (including phenoxy) is 1. The monoisotopic (exact) mass is 285 g/mol. The van der Waals surface area contributed by atoms with Gasteiger partial charge in [-0.15, -0.1) is 0 Å². The van der Waals surface area contributed by atoms with Crippen molar-refractivity contribution in [3.8, 4) is 5.75 Å². The zero-order valence-electron chi connectivity index (χ0n) is 10.4. The van der Waals surface area contributed by atoms with Gasteiger partial charge in [-0.25, -0.2) is 17.5 Å². The van der Waals surface area contributed by atoms with E-state index in [2.05, 4.69) is 4.72 Å². The average Bonchev–Trinajstić information content (AvgIpc) is 2.97. The van der Waals surface area contributed by atoms with Gasteiger partial charge in [0.25, 0.3) is 0 Å². The first kappa shape index (κ1) is 12.9. The molecule has 0 spiro atoms. The van der Waals surface area contributed by atoms with Gasteiger partial charge in [-0.2, -0.15) is 0 Å². The first-order valence-corrected chi connectivity index (χ1v) is 7.97. The van der Waals surface area contributed by atoms with Crippen LogP contribution in [0.25, 0.3) is 0 Å². The molecule has 1 N–H and O–H groups in total. The summed E-state index contributed by atoms with van der Waals surface area (Å²) in [6, 6.07) is 4.20. The van der Waals surface area contributed by atoms with E-state index in [0.717, 1.165) is 17.7 Å². The highest BCUT2D eigenvalue weighted by Gasteiger charge is 2.31. The van der Waals surface area contributed by atoms with E-state index < -0.39 is 22.2 Å². The van der Waals surface area contributed by atoms with Gasteiger partial charge < -0.3 is 4.74 Å². The summed E-state index contributed by atoms with van der Waals surface area (Å²) in [5.74, 6) is 0.739. The highest BCUT2D eigenvalue weighted by molar-refractivity contribution is 7.89. The first-order valence-electron chi connectivity index (χ1n) is 6.48. The van der Waals surface area contributed by atoms with Crippen molar-refractivity contribution >= 4 is 10.0 Å². The molecule has 2 unspecified atom stereocenters. The van der Waals surface area contributed by atoms with Crippen molar-refractivity contribution in [2.24, 2.45) is 0 Å². The van der Waals surface area contributed by atoms with E-state index in [1.54, 1.807) is 12.1 Å². The van der Waals surface area contributed by atoms with E-state index >= 15 is 0 Å². The molecule has 0 radical (unpaired) electrons. The molecule has 4 nitrogen and oxygen atoms in total. The minimum absolute atomic E-state index is 0.191. The molecule has 104 valence electrons. The minimum atomic E-state index is -3.64. The van der Waals surface area contributed by atoms with E-state index in [0.29, 0.717) is 25.9 Å². The summed E-state index contributed by atoms with van der Waals surface area (Å²) >= 11 is 0. The molecule has 1 saturated carbocycles. The van der Waals surface area contributed by atoms with Gasteiger partial charge in [0, 0.05) is 6.42 Å². The molecule has 2 atom stereocenters. The lowest BCUT2D eigenvalue weighted by atomic mass is 10.2. The third-order valence-corrected chi connectivity index (χ3v) is 5.20. The standard InChI is InChI=1S/C13H16FNO3S/c14-11-2-1-3-12(11)15-19(16,17)10-4-5-13-9(8-10)6-7-18-13/h4-5,8,11-12,15H,1-3,6-7H2. The molecule has 1 aliphatic heterocycles. The number of hydrogen-bond acceptors (Lipinski definition) is 3. The van der Waals surface area contributed by atoms with Gasteiger partial charge in [-0.1, -0.05) is 0 Å². The SMILES string of the molecule is O=S(=O)(NC1CCCC1F)c1ccc2c(c1)CCO2. The molecule has 19 heavy (non-hydrogen) atoms. The van der Waals surface area contributed by atoms with Crippen molar-refractivity contribution in [3.63, 3.8) is 0 Å². The van der Waals surface area contributed by atoms with E-state index in [1.807, 2.05) is 0 Å². The zero-order chi connectivity index (χ0) is 13.5. The van der Waals surface area contributed by atoms with Crippen molar-refractivity contribution in [2.75, 3.05) is 6.61 Å². The Bertz CT molecular complexity index is 588. The van der Waals surface area contributed by atoms with Gasteiger partial charge in [0.15, 0.2) is 0 Å². The maximum absolute atomic E-state index is 13.5. The Balaban J connectivity index is 1.84. The van der Waals surface area contributed by atoms with Gasteiger partial charge in [0.2, 0.25) is 10.0 Å². The number of fused-ring (bicyclic) bond motifs is 1. The Hall–Kier alpha value is -1.14. The van der Waals surface area contributed by atoms with Crippen LogP contribution in [0.4, 0.5) is 4.39 Å². The average molecular weight is 285 g/mol. The maximum atomic E-state index is 13.5. The number of sulfonamides is 1. The quantitative estimate of drug-likeness (QED) is 0.921. The van der Waals surface area contributed by atoms with Crippen molar-refractivity contribution in [3.05, 3.63) is 23.8 Å². The Kier molecular flexibility index (Phi) is 3.22. The fraction of sp³-hybridized carbons (Fsp3) is 0.538. The summed E-state index contributed by atoms with van der Waals surface area (Å²) in [4.78, 5) is 0.191. The number of rotatable bonds is 3. The van der Waals surface area contributed by atoms with Crippen LogP contribution < -0.4 is 9.46 Å². The van der Waals surface area contributed by atoms with Crippen LogP contribution in [0.2, 0.25) is 0 Å². The Morgan fingerprint density at radius 1 is 1.32 bits per heavy atom. The predicted octanol–water partition coefficient (Wildman–Crippen LogP) is 1.79. The van der Waals surface area contributed by atoms with Crippen LogP contribution in [0.5, 0.6) is 5.75 Å². The molecule has 1 heterocycles. The molecule has 0 saturated heterocycles. The molecule has 0 amide bonds. The number of halogens is 1. The van der Waals surface area contributed by atoms with Crippen LogP contribution in [-0.4, -0.2) is 27.2 Å². The first-order chi connectivity index (χ1) is 9.06. The highest BCUT2D eigenvalue weighted by atomic mass is 32.2. The lowest BCUT2D eigenvalue weighted by molar-refractivity contribution is 0.300. The summed E-state index contributed by atoms with van der Waals surface area (Å²) in [7, 11) is -3.64. The van der Waals surface area contributed by atoms with Crippen molar-refractivity contribution in [1.82, 2.24) is 4.72 Å². The molecule has 0 aromatic heterocycles. The second-order valence-corrected chi connectivity index (χ2v) is 6.76. The van der Waals surface area contributed by atoms with Crippen LogP contribution in [0.15, 0.2) is 23.1 Å². The normalized spacial score (nSPS) is 26.2. The van der Waals surface area contributed by atoms with Gasteiger partial charge in [-0.05, 0) is 43.0 Å². The van der Waals surface area contributed by atoms with Crippen LogP contribution in [0.3, 0.4) is 0 Å². The highest BCUT2D eigenvalue weighted by Crippen LogP contribution is 2.29. The molecule has 1 aliphatic carbocycles. The molecule has 1 fully saturated rings. The largest absolute Gasteiger partial charge is 0.493 e. The van der Waals surface area contributed by atoms with E-state index in [9.17, 15) is 12.8 Å². The smallest absolute Gasteiger partial charge is 0.240 e. The number of benzene rings is 1. The summed E-state index contributed by atoms with van der Waals surface area (Å²) in [5.41, 5.74) is 0.895. The van der Waals surface area contributed by atoms with Gasteiger partial charge in [0.05, 0.1) is 17.5 Å². The second kappa shape index (κ2) is 4.76. The number of hydrogen-bond donors (Lipinski definition) is 1. The topological polar surface area (TPSA) is 55.4 Å². The molecular weight excluding hydrogens is 269 g/mol. The van der Waals surface area contributed by atoms with Crippen molar-refractivity contribution in [2.45, 2.75) is 42.8 Å². The Morgan fingerprint density at radius 2 is 2.16 bits per heavy atom. The van der Waals surface area contributed by atoms with Crippen molar-refractivity contribution in [1.29, 1.82) is 0 Å². The van der Waals surface area contributed by atoms with Crippen LogP contribution in [-0.2, 0) is 16.4 Å². The predicted molar refractivity (Wildman–Crippen MR) is 68.5 cm³/mol. The number of nitrogens with one attached hydrogen (secondary N) is 1. The lowest BCUT2D eigenvalue weighted by Gasteiger charge is -2.15. The summed E-state index contributed by atoms with van der Waals surface area (Å²) in [6.45, 7) is 0.585. The van der Waals surface area contributed by atoms with E-state index in [-0.39, 0.29) is 4.90 Å². The Labute approximate surface area is 112 Å².